The fourth-order valence-corrected chi connectivity index (χ4v) is 2.44. The van der Waals surface area contributed by atoms with E-state index in [1.165, 1.54) is 7.11 Å². The summed E-state index contributed by atoms with van der Waals surface area (Å²) in [6.07, 6.45) is 1.43. The molecular weight excluding hydrogens is 249 g/mol. The maximum Gasteiger partial charge on any atom is 0.328 e. The average molecular weight is 260 g/mol. The minimum Gasteiger partial charge on any atom is -0.467 e. The van der Waals surface area contributed by atoms with E-state index in [2.05, 4.69) is 5.32 Å². The number of methoxy groups -OCH3 is 1. The maximum atomic E-state index is 11.4. The molecule has 86 valence electrons. The number of hydrogen-bond donors (Lipinski definition) is 1. The second-order valence-electron chi connectivity index (χ2n) is 3.67. The lowest BCUT2D eigenvalue weighted by Crippen LogP contribution is -2.34. The Morgan fingerprint density at radius 3 is 2.94 bits per heavy atom. The Balaban J connectivity index is 2.30. The van der Waals surface area contributed by atoms with Crippen molar-refractivity contribution in [3.8, 4) is 0 Å². The van der Waals surface area contributed by atoms with Gasteiger partial charge in [0.05, 0.1) is 7.11 Å². The van der Waals surface area contributed by atoms with Crippen LogP contribution in [-0.2, 0) is 16.0 Å². The van der Waals surface area contributed by atoms with Crippen LogP contribution in [0.3, 0.4) is 0 Å². The molecule has 0 fully saturated rings. The van der Waals surface area contributed by atoms with Gasteiger partial charge in [0.1, 0.15) is 6.04 Å². The van der Waals surface area contributed by atoms with Gasteiger partial charge in [0.15, 0.2) is 0 Å². The Labute approximate surface area is 104 Å². The molecule has 0 aromatic heterocycles. The van der Waals surface area contributed by atoms with Crippen LogP contribution in [-0.4, -0.2) is 19.1 Å². The zero-order valence-electron chi connectivity index (χ0n) is 8.72. The van der Waals surface area contributed by atoms with Crippen molar-refractivity contribution in [3.63, 3.8) is 0 Å². The highest BCUT2D eigenvalue weighted by atomic mass is 35.5. The van der Waals surface area contributed by atoms with E-state index in [9.17, 15) is 4.79 Å². The minimum atomic E-state index is -0.313. The molecule has 0 amide bonds. The van der Waals surface area contributed by atoms with Gasteiger partial charge in [-0.3, -0.25) is 0 Å². The highest BCUT2D eigenvalue weighted by Gasteiger charge is 2.25. The zero-order valence-corrected chi connectivity index (χ0v) is 10.2. The number of nitrogens with one attached hydrogen (secondary N) is 1. The summed E-state index contributed by atoms with van der Waals surface area (Å²) in [5, 5.41) is 4.28. The van der Waals surface area contributed by atoms with Crippen molar-refractivity contribution in [2.75, 3.05) is 12.4 Å². The van der Waals surface area contributed by atoms with Gasteiger partial charge in [0, 0.05) is 15.7 Å². The van der Waals surface area contributed by atoms with Crippen LogP contribution in [0.1, 0.15) is 12.0 Å². The summed E-state index contributed by atoms with van der Waals surface area (Å²) >= 11 is 12.0. The lowest BCUT2D eigenvalue weighted by Gasteiger charge is -2.26. The molecule has 1 aromatic rings. The molecule has 0 aliphatic carbocycles. The fraction of sp³-hybridized carbons (Fsp3) is 0.364. The van der Waals surface area contributed by atoms with Crippen LogP contribution in [0.5, 0.6) is 0 Å². The second kappa shape index (κ2) is 4.52. The SMILES string of the molecule is COC(=O)C1CCc2c(Cl)cc(Cl)cc2N1. The van der Waals surface area contributed by atoms with Crippen LogP contribution in [0, 0.1) is 0 Å². The lowest BCUT2D eigenvalue weighted by atomic mass is 9.98. The third-order valence-corrected chi connectivity index (χ3v) is 3.21. The number of benzene rings is 1. The van der Waals surface area contributed by atoms with Crippen LogP contribution in [0.4, 0.5) is 5.69 Å². The lowest BCUT2D eigenvalue weighted by molar-refractivity contribution is -0.141. The zero-order chi connectivity index (χ0) is 11.7. The summed E-state index contributed by atoms with van der Waals surface area (Å²) in [4.78, 5) is 11.4. The number of ether oxygens (including phenoxy) is 1. The van der Waals surface area contributed by atoms with E-state index < -0.39 is 0 Å². The standard InChI is InChI=1S/C11H11Cl2NO2/c1-16-11(15)9-3-2-7-8(13)4-6(12)5-10(7)14-9/h4-5,9,14H,2-3H2,1H3. The van der Waals surface area contributed by atoms with Crippen LogP contribution >= 0.6 is 23.2 Å². The van der Waals surface area contributed by atoms with E-state index in [4.69, 9.17) is 27.9 Å². The summed E-state index contributed by atoms with van der Waals surface area (Å²) in [7, 11) is 1.38. The first-order valence-corrected chi connectivity index (χ1v) is 5.69. The Morgan fingerprint density at radius 2 is 2.25 bits per heavy atom. The molecular formula is C11H11Cl2NO2. The molecule has 0 bridgehead atoms. The molecule has 1 atom stereocenters. The van der Waals surface area contributed by atoms with Crippen LogP contribution in [0.25, 0.3) is 0 Å². The van der Waals surface area contributed by atoms with Crippen LogP contribution < -0.4 is 5.32 Å². The molecule has 0 saturated carbocycles. The van der Waals surface area contributed by atoms with E-state index >= 15 is 0 Å². The average Bonchev–Trinajstić information content (AvgIpc) is 2.27. The third-order valence-electron chi connectivity index (χ3n) is 2.66. The number of fused-ring (bicyclic) bond motifs is 1. The highest BCUT2D eigenvalue weighted by molar-refractivity contribution is 6.35. The van der Waals surface area contributed by atoms with Crippen molar-refractivity contribution in [1.29, 1.82) is 0 Å². The topological polar surface area (TPSA) is 38.3 Å². The minimum absolute atomic E-state index is 0.262. The van der Waals surface area contributed by atoms with Crippen molar-refractivity contribution in [3.05, 3.63) is 27.7 Å². The Kier molecular flexibility index (Phi) is 3.26. The monoisotopic (exact) mass is 259 g/mol. The van der Waals surface area contributed by atoms with Gasteiger partial charge in [0.25, 0.3) is 0 Å². The normalized spacial score (nSPS) is 18.6. The summed E-state index contributed by atoms with van der Waals surface area (Å²) < 4.78 is 4.70. The number of anilines is 1. The largest absolute Gasteiger partial charge is 0.467 e. The van der Waals surface area contributed by atoms with Gasteiger partial charge in [-0.1, -0.05) is 23.2 Å². The highest BCUT2D eigenvalue weighted by Crippen LogP contribution is 2.34. The molecule has 1 aliphatic rings. The molecule has 16 heavy (non-hydrogen) atoms. The number of hydrogen-bond acceptors (Lipinski definition) is 3. The van der Waals surface area contributed by atoms with Crippen molar-refractivity contribution >= 4 is 34.9 Å². The third kappa shape index (κ3) is 2.11. The van der Waals surface area contributed by atoms with Crippen molar-refractivity contribution < 1.29 is 9.53 Å². The predicted octanol–water partition coefficient (Wildman–Crippen LogP) is 2.89. The molecule has 1 aliphatic heterocycles. The molecule has 0 saturated heterocycles. The summed E-state index contributed by atoms with van der Waals surface area (Å²) in [6.45, 7) is 0. The van der Waals surface area contributed by atoms with Gasteiger partial charge in [-0.15, -0.1) is 0 Å². The van der Waals surface area contributed by atoms with E-state index in [1.807, 2.05) is 0 Å². The van der Waals surface area contributed by atoms with Crippen LogP contribution in [0.15, 0.2) is 12.1 Å². The number of carbonyl (C=O) groups is 1. The molecule has 0 spiro atoms. The number of halogens is 2. The Morgan fingerprint density at radius 1 is 1.50 bits per heavy atom. The second-order valence-corrected chi connectivity index (χ2v) is 4.52. The van der Waals surface area contributed by atoms with Crippen molar-refractivity contribution in [2.24, 2.45) is 0 Å². The van der Waals surface area contributed by atoms with Gasteiger partial charge in [0.2, 0.25) is 0 Å². The van der Waals surface area contributed by atoms with Crippen molar-refractivity contribution in [1.82, 2.24) is 0 Å². The molecule has 5 heteroatoms. The van der Waals surface area contributed by atoms with Crippen molar-refractivity contribution in [2.45, 2.75) is 18.9 Å². The van der Waals surface area contributed by atoms with E-state index in [-0.39, 0.29) is 12.0 Å². The molecule has 2 rings (SSSR count). The van der Waals surface area contributed by atoms with E-state index in [1.54, 1.807) is 12.1 Å². The first kappa shape index (κ1) is 11.6. The quantitative estimate of drug-likeness (QED) is 0.789. The molecule has 1 unspecified atom stereocenters. The van der Waals surface area contributed by atoms with Gasteiger partial charge < -0.3 is 10.1 Å². The maximum absolute atomic E-state index is 11.4. The molecule has 3 nitrogen and oxygen atoms in total. The van der Waals surface area contributed by atoms with Gasteiger partial charge >= 0.3 is 5.97 Å². The number of carbonyl (C=O) groups excluding carboxylic acids is 1. The predicted molar refractivity (Wildman–Crippen MR) is 64.2 cm³/mol. The Hall–Kier alpha value is -0.930. The summed E-state index contributed by atoms with van der Waals surface area (Å²) in [6, 6.07) is 3.17. The number of rotatable bonds is 1. The number of esters is 1. The summed E-state index contributed by atoms with van der Waals surface area (Å²) in [5.41, 5.74) is 1.82. The first-order chi connectivity index (χ1) is 7.61. The van der Waals surface area contributed by atoms with Gasteiger partial charge in [-0.05, 0) is 30.5 Å². The van der Waals surface area contributed by atoms with Gasteiger partial charge in [-0.2, -0.15) is 0 Å². The molecule has 0 radical (unpaired) electrons. The Bertz CT molecular complexity index is 434. The van der Waals surface area contributed by atoms with Crippen LogP contribution in [0.2, 0.25) is 10.0 Å². The van der Waals surface area contributed by atoms with Gasteiger partial charge in [-0.25, -0.2) is 4.79 Å². The first-order valence-electron chi connectivity index (χ1n) is 4.94. The van der Waals surface area contributed by atoms with E-state index in [0.717, 1.165) is 17.7 Å². The summed E-state index contributed by atoms with van der Waals surface area (Å²) in [5.74, 6) is -0.262. The fourth-order valence-electron chi connectivity index (χ4n) is 1.85. The molecule has 1 N–H and O–H groups in total. The van der Waals surface area contributed by atoms with E-state index in [0.29, 0.717) is 16.5 Å². The smallest absolute Gasteiger partial charge is 0.328 e. The molecule has 1 aromatic carbocycles. The molecule has 1 heterocycles.